The number of aliphatic hydroxyl groups is 6. The number of nitrogens with zero attached hydrogens (tertiary/aromatic N) is 1. The Morgan fingerprint density at radius 2 is 1.27 bits per heavy atom. The van der Waals surface area contributed by atoms with E-state index in [-0.39, 0.29) is 24.3 Å². The first-order valence-corrected chi connectivity index (χ1v) is 45.2. The number of carboxylic acids is 1. The zero-order valence-electron chi connectivity index (χ0n) is 69.5. The van der Waals surface area contributed by atoms with E-state index < -0.39 is 299 Å². The van der Waals surface area contributed by atoms with Crippen LogP contribution in [0.1, 0.15) is 169 Å². The van der Waals surface area contributed by atoms with Crippen molar-refractivity contribution in [1.82, 2.24) is 52.8 Å². The number of likely N-dealkylation sites (N-methyl/N-ethyl adjacent to an activating group) is 1. The highest BCUT2D eigenvalue weighted by atomic mass is 35.5. The number of carbonyl (C=O) groups excluding carboxylic acids is 7. The molecular formula is C81H109Cl2N11O30P2. The van der Waals surface area contributed by atoms with Crippen LogP contribution in [0.2, 0.25) is 10.0 Å². The van der Waals surface area contributed by atoms with E-state index in [1.807, 2.05) is 0 Å². The highest BCUT2D eigenvalue weighted by Crippen LogP contribution is 2.52. The number of nitrogens with one attached hydrogen (secondary N) is 9. The Balaban J connectivity index is 1.18. The minimum atomic E-state index is -5.29. The second-order valence-electron chi connectivity index (χ2n) is 32.5. The van der Waals surface area contributed by atoms with Gasteiger partial charge < -0.3 is 153 Å². The highest BCUT2D eigenvalue weighted by molar-refractivity contribution is 7.52. The predicted molar refractivity (Wildman–Crippen MR) is 448 cm³/mol. The molecule has 126 heavy (non-hydrogen) atoms. The maximum Gasteiger partial charge on any atom is 0.339 e. The number of phenols is 3. The van der Waals surface area contributed by atoms with Crippen LogP contribution in [0.5, 0.6) is 46.0 Å². The molecule has 45 heteroatoms. The molecule has 41 nitrogen and oxygen atoms in total. The fourth-order valence-electron chi connectivity index (χ4n) is 15.7. The standard InChI is InChI=1S/C81H109Cl2N11O30P2/c1-7-8-9-10-11-12-13-14-21-86-22-23-87-81(5)32-58(119-38(4)72(81)104)123-71-69(103)68(102)56(34-95)122-80(71)124-70-54-28-42-29-55(70)121-53-20-17-41(27-47(53)83)66(100)64-78(110)91-62(79(111)112)44-30-51(97)45(33-94(35-125(113,114)115)36-126(116,117)118)67(101)59(44)43-25-39(15-18-50(43)96)60(75(107)93-64)90-76(108)61(42)89-74(106)49(31-57(84)98)88-77(109)63(92-73(105)48(85-6)24-37(2)3)65(99)40-16-19-52(120-54)46(82)26-40/h15-20,25-30,37-38,48-49,56,58,60-66,68-69,71-72,80,85-87,95-97,99-104H,7-14,21-24,31-36H2,1-6H3,(H2,84,98)(H,88,109)(H,89,106)(H,90,108)(H,91,110)(H,92,105)(H,93,107)(H,111,112)(H2,113,114,115)(H2,116,117,118)/t38-,48+,49-,56+,58-,60+,61+,62-,63+,64-,65+,66+,68+,69-,71+,72+,80-,81-/m0/s1. The number of phenolic OH excluding ortho intramolecular Hbond substituents is 3. The van der Waals surface area contributed by atoms with E-state index in [2.05, 4.69) is 54.8 Å². The number of aromatic hydroxyl groups is 3. The first kappa shape index (κ1) is 99.2. The third-order valence-corrected chi connectivity index (χ3v) is 24.3. The molecule has 0 aromatic heterocycles. The molecule has 0 aliphatic carbocycles. The van der Waals surface area contributed by atoms with Crippen LogP contribution < -0.4 is 67.8 Å². The number of nitrogens with two attached hydrogens (primary N) is 1. The molecule has 7 amide bonds. The van der Waals surface area contributed by atoms with E-state index in [0.29, 0.717) is 24.1 Å². The molecule has 7 aliphatic heterocycles. The van der Waals surface area contributed by atoms with Crippen molar-refractivity contribution in [3.05, 3.63) is 116 Å². The van der Waals surface area contributed by atoms with E-state index in [1.54, 1.807) is 27.7 Å². The largest absolute Gasteiger partial charge is 0.507 e. The first-order valence-electron chi connectivity index (χ1n) is 40.9. The molecule has 7 aliphatic rings. The fraction of sp³-hybridized carbons (Fsp3) is 0.531. The molecule has 11 bridgehead atoms. The van der Waals surface area contributed by atoms with Crippen molar-refractivity contribution in [3.8, 4) is 57.1 Å². The third kappa shape index (κ3) is 24.7. The molecule has 7 heterocycles. The Kier molecular flexibility index (Phi) is 33.8. The topological polar surface area (TPSA) is 647 Å². The van der Waals surface area contributed by atoms with E-state index in [0.717, 1.165) is 99.3 Å². The molecule has 0 spiro atoms. The minimum absolute atomic E-state index is 0.143. The maximum absolute atomic E-state index is 16.4. The highest BCUT2D eigenvalue weighted by Gasteiger charge is 2.53. The zero-order chi connectivity index (χ0) is 92.3. The van der Waals surface area contributed by atoms with Gasteiger partial charge in [0, 0.05) is 48.3 Å². The lowest BCUT2D eigenvalue weighted by Gasteiger charge is -2.48. The van der Waals surface area contributed by atoms with Crippen LogP contribution in [0.3, 0.4) is 0 Å². The Labute approximate surface area is 733 Å². The van der Waals surface area contributed by atoms with Gasteiger partial charge in [-0.2, -0.15) is 0 Å². The SMILES string of the molecule is CCCCCCCCCCNCCN[C@@]1(C)C[C@H](O[C@H]2[C@H](Oc3c4cc5cc3Oc3ccc(cc3Cl)[C@@H](O)[C@@H](NC(=O)[C@@H](CC(C)C)NC)C(=O)N[C@@H](CC(N)=O)C(=O)N[C@H]5C(=O)N[C@H]3C(=O)N[C@H](C(=O)N[C@H](C(=O)O)c5cc(O)c(CN(CP(=O)(O)O)CP(=O)(O)O)c(O)c5-c5cc3ccc5O)[C@H](O)c3ccc(c(Cl)c3)O4)O[C@H](CO)[C@@H](O)[C@@H]2O)O[C@@H](C)[C@H]1O. The second kappa shape index (κ2) is 43.0. The van der Waals surface area contributed by atoms with Gasteiger partial charge in [-0.25, -0.2) is 4.79 Å². The normalized spacial score (nSPS) is 26.3. The number of fused-ring (bicyclic) bond motifs is 15. The molecule has 2 saturated heterocycles. The lowest BCUT2D eigenvalue weighted by Crippen LogP contribution is -2.65. The minimum Gasteiger partial charge on any atom is -0.507 e. The molecule has 692 valence electrons. The molecule has 5 aromatic rings. The van der Waals surface area contributed by atoms with Crippen molar-refractivity contribution in [3.63, 3.8) is 0 Å². The number of hydrogen-bond acceptors (Lipinski definition) is 29. The number of aliphatic hydroxyl groups excluding tert-OH is 6. The van der Waals surface area contributed by atoms with Gasteiger partial charge in [0.25, 0.3) is 0 Å². The first-order chi connectivity index (χ1) is 59.4. The Bertz CT molecular complexity index is 4870. The van der Waals surface area contributed by atoms with Crippen molar-refractivity contribution >= 4 is 85.7 Å². The smallest absolute Gasteiger partial charge is 0.339 e. The number of rotatable bonds is 32. The predicted octanol–water partition coefficient (Wildman–Crippen LogP) is 2.54. The maximum atomic E-state index is 16.4. The summed E-state index contributed by atoms with van der Waals surface area (Å²) in [4.78, 5) is 160. The lowest BCUT2D eigenvalue weighted by atomic mass is 9.85. The van der Waals surface area contributed by atoms with Gasteiger partial charge >= 0.3 is 21.2 Å². The van der Waals surface area contributed by atoms with Gasteiger partial charge in [-0.15, -0.1) is 0 Å². The van der Waals surface area contributed by atoms with Crippen LogP contribution in [0, 0.1) is 5.92 Å². The zero-order valence-corrected chi connectivity index (χ0v) is 72.8. The second-order valence-corrected chi connectivity index (χ2v) is 36.5. The molecule has 25 N–H and O–H groups in total. The molecule has 2 fully saturated rings. The van der Waals surface area contributed by atoms with E-state index in [4.69, 9.17) is 57.4 Å². The summed E-state index contributed by atoms with van der Waals surface area (Å²) in [5.74, 6) is -18.3. The van der Waals surface area contributed by atoms with Gasteiger partial charge in [0.2, 0.25) is 53.4 Å². The number of ether oxygens (including phenoxy) is 6. The summed E-state index contributed by atoms with van der Waals surface area (Å²) < 4.78 is 64.3. The number of hydrogen-bond donors (Lipinski definition) is 24. The summed E-state index contributed by atoms with van der Waals surface area (Å²) in [5.41, 5.74) is -0.445. The van der Waals surface area contributed by atoms with Crippen molar-refractivity contribution < 1.29 is 147 Å². The van der Waals surface area contributed by atoms with Crippen LogP contribution in [0.4, 0.5) is 0 Å². The quantitative estimate of drug-likeness (QED) is 0.0217. The number of carbonyl (C=O) groups is 8. The number of aliphatic carboxylic acids is 1. The molecule has 0 radical (unpaired) electrons. The molecule has 12 rings (SSSR count). The number of halogens is 2. The van der Waals surface area contributed by atoms with Gasteiger partial charge in [-0.3, -0.25) is 47.6 Å². The number of unbranched alkanes of at least 4 members (excludes halogenated alkanes) is 7. The van der Waals surface area contributed by atoms with Gasteiger partial charge in [0.15, 0.2) is 29.9 Å². The number of benzene rings is 5. The molecule has 18 atom stereocenters. The molecule has 5 aromatic carbocycles. The van der Waals surface area contributed by atoms with Gasteiger partial charge in [0.1, 0.15) is 102 Å². The van der Waals surface area contributed by atoms with Crippen molar-refractivity contribution in [2.75, 3.05) is 45.9 Å². The summed E-state index contributed by atoms with van der Waals surface area (Å²) in [6.45, 7) is 8.43. The number of amides is 7. The monoisotopic (exact) mass is 1850 g/mol. The van der Waals surface area contributed by atoms with Gasteiger partial charge in [-0.05, 0) is 123 Å². The summed E-state index contributed by atoms with van der Waals surface area (Å²) >= 11 is 14.3. The van der Waals surface area contributed by atoms with Crippen LogP contribution in [-0.4, -0.2) is 248 Å². The third-order valence-electron chi connectivity index (χ3n) is 22.2. The Hall–Kier alpha value is -8.98. The average molecular weight is 1850 g/mol. The summed E-state index contributed by atoms with van der Waals surface area (Å²) in [6.07, 6.45) is -12.9. The Morgan fingerprint density at radius 3 is 1.85 bits per heavy atom. The van der Waals surface area contributed by atoms with Crippen molar-refractivity contribution in [2.45, 2.75) is 221 Å². The van der Waals surface area contributed by atoms with Crippen LogP contribution in [0.15, 0.2) is 72.8 Å². The molecule has 0 unspecified atom stereocenters. The van der Waals surface area contributed by atoms with Crippen LogP contribution in [0.25, 0.3) is 11.1 Å². The summed E-state index contributed by atoms with van der Waals surface area (Å²) in [6, 6.07) is -3.51. The van der Waals surface area contributed by atoms with Gasteiger partial charge in [-0.1, -0.05) is 107 Å². The number of primary amides is 1. The van der Waals surface area contributed by atoms with Crippen LogP contribution in [-0.2, 0) is 68.2 Å². The van der Waals surface area contributed by atoms with Crippen molar-refractivity contribution in [1.29, 1.82) is 0 Å². The summed E-state index contributed by atoms with van der Waals surface area (Å²) in [5, 5.41) is 142. The van der Waals surface area contributed by atoms with E-state index in [1.165, 1.54) is 32.4 Å². The van der Waals surface area contributed by atoms with E-state index >= 15 is 24.0 Å². The lowest BCUT2D eigenvalue weighted by molar-refractivity contribution is -0.334. The summed E-state index contributed by atoms with van der Waals surface area (Å²) in [7, 11) is -9.14. The van der Waals surface area contributed by atoms with Crippen molar-refractivity contribution in [2.24, 2.45) is 11.7 Å². The van der Waals surface area contributed by atoms with E-state index in [9.17, 15) is 94.2 Å². The fourth-order valence-corrected chi connectivity index (χ4v) is 17.8. The molecule has 0 saturated carbocycles. The number of carboxylic acid groups (broad SMARTS) is 1. The Morgan fingerprint density at radius 1 is 0.683 bits per heavy atom. The average Bonchev–Trinajstić information content (AvgIpc) is 0.752. The van der Waals surface area contributed by atoms with Gasteiger partial charge in [0.05, 0.1) is 46.9 Å². The molecular weight excluding hydrogens is 1740 g/mol. The van der Waals surface area contributed by atoms with Crippen LogP contribution >= 0.6 is 38.4 Å².